The zero-order valence-corrected chi connectivity index (χ0v) is 23.5. The number of benzene rings is 2. The van der Waals surface area contributed by atoms with E-state index in [1.165, 1.54) is 10.2 Å². The minimum atomic E-state index is -3.86. The Labute approximate surface area is 232 Å². The molecule has 5 rings (SSSR count). The van der Waals surface area contributed by atoms with Gasteiger partial charge in [-0.05, 0) is 51.8 Å². The summed E-state index contributed by atoms with van der Waals surface area (Å²) >= 11 is 6.56. The molecule has 0 bridgehead atoms. The number of anilines is 1. The summed E-state index contributed by atoms with van der Waals surface area (Å²) in [4.78, 5) is 23.5. The number of carbonyl (C=O) groups excluding carboxylic acids is 1. The molecule has 0 saturated carbocycles. The van der Waals surface area contributed by atoms with Crippen molar-refractivity contribution in [2.75, 3.05) is 18.4 Å². The van der Waals surface area contributed by atoms with Gasteiger partial charge < -0.3 is 15.0 Å². The molecule has 1 atom stereocenters. The summed E-state index contributed by atoms with van der Waals surface area (Å²) in [5.41, 5.74) is 0.923. The van der Waals surface area contributed by atoms with E-state index >= 15 is 0 Å². The van der Waals surface area contributed by atoms with E-state index in [9.17, 15) is 13.2 Å². The summed E-state index contributed by atoms with van der Waals surface area (Å²) in [5.74, 6) is 0.341. The highest BCUT2D eigenvalue weighted by molar-refractivity contribution is 7.90. The molecule has 1 saturated heterocycles. The maximum atomic E-state index is 13.5. The van der Waals surface area contributed by atoms with Gasteiger partial charge in [-0.3, -0.25) is 0 Å². The summed E-state index contributed by atoms with van der Waals surface area (Å²) in [6, 6.07) is 15.4. The molecule has 2 aromatic carbocycles. The third-order valence-corrected chi connectivity index (χ3v) is 8.35. The number of para-hydroxylation sites is 1. The van der Waals surface area contributed by atoms with Crippen LogP contribution < -0.4 is 5.32 Å². The Morgan fingerprint density at radius 3 is 2.56 bits per heavy atom. The molecule has 1 amide bonds. The number of nitrogens with zero attached hydrogens (tertiary/aromatic N) is 4. The van der Waals surface area contributed by atoms with Crippen LogP contribution in [0, 0.1) is 0 Å². The first-order valence-corrected chi connectivity index (χ1v) is 14.5. The van der Waals surface area contributed by atoms with Gasteiger partial charge in [0.2, 0.25) is 5.95 Å². The van der Waals surface area contributed by atoms with Crippen LogP contribution in [0.2, 0.25) is 5.02 Å². The molecule has 1 aliphatic rings. The minimum Gasteiger partial charge on any atom is -0.444 e. The maximum absolute atomic E-state index is 13.5. The van der Waals surface area contributed by atoms with Crippen molar-refractivity contribution in [2.45, 2.75) is 50.2 Å². The number of amides is 1. The molecule has 39 heavy (non-hydrogen) atoms. The number of nitrogens with one attached hydrogen (secondary N) is 1. The molecule has 0 aliphatic carbocycles. The third-order valence-electron chi connectivity index (χ3n) is 6.38. The number of fused-ring (bicyclic) bond motifs is 1. The quantitative estimate of drug-likeness (QED) is 0.325. The van der Waals surface area contributed by atoms with Gasteiger partial charge in [0.05, 0.1) is 27.3 Å². The van der Waals surface area contributed by atoms with Gasteiger partial charge in [-0.15, -0.1) is 0 Å². The van der Waals surface area contributed by atoms with Gasteiger partial charge >= 0.3 is 6.09 Å². The van der Waals surface area contributed by atoms with Crippen LogP contribution in [0.5, 0.6) is 0 Å². The van der Waals surface area contributed by atoms with Crippen LogP contribution in [0.3, 0.4) is 0 Å². The lowest BCUT2D eigenvalue weighted by atomic mass is 10.1. The maximum Gasteiger partial charge on any atom is 0.410 e. The van der Waals surface area contributed by atoms with Crippen LogP contribution in [-0.4, -0.2) is 58.1 Å². The van der Waals surface area contributed by atoms with Crippen molar-refractivity contribution >= 4 is 44.6 Å². The molecule has 204 valence electrons. The van der Waals surface area contributed by atoms with Crippen molar-refractivity contribution in [1.82, 2.24) is 18.8 Å². The second-order valence-electron chi connectivity index (χ2n) is 10.5. The highest BCUT2D eigenvalue weighted by atomic mass is 35.5. The number of likely N-dealkylation sites (tertiary alicyclic amines) is 1. The lowest BCUT2D eigenvalue weighted by Gasteiger charge is -2.34. The summed E-state index contributed by atoms with van der Waals surface area (Å²) in [7, 11) is -3.86. The fourth-order valence-corrected chi connectivity index (χ4v) is 6.22. The Morgan fingerprint density at radius 1 is 1.10 bits per heavy atom. The second kappa shape index (κ2) is 10.5. The Balaban J connectivity index is 1.46. The van der Waals surface area contributed by atoms with E-state index in [0.29, 0.717) is 46.2 Å². The molecule has 0 radical (unpaired) electrons. The summed E-state index contributed by atoms with van der Waals surface area (Å²) in [6.07, 6.45) is 4.34. The number of ether oxygens (including phenoxy) is 1. The molecule has 1 fully saturated rings. The van der Waals surface area contributed by atoms with E-state index in [1.54, 1.807) is 53.6 Å². The zero-order chi connectivity index (χ0) is 27.8. The Bertz CT molecular complexity index is 1620. The van der Waals surface area contributed by atoms with E-state index in [1.807, 2.05) is 32.9 Å². The molecule has 11 heteroatoms. The van der Waals surface area contributed by atoms with E-state index in [2.05, 4.69) is 15.3 Å². The summed E-state index contributed by atoms with van der Waals surface area (Å²) < 4.78 is 33.8. The number of carbonyl (C=O) groups is 1. The first kappa shape index (κ1) is 27.0. The molecule has 9 nitrogen and oxygen atoms in total. The lowest BCUT2D eigenvalue weighted by Crippen LogP contribution is -2.47. The van der Waals surface area contributed by atoms with E-state index < -0.39 is 15.6 Å². The number of hydrogen-bond donors (Lipinski definition) is 1. The van der Waals surface area contributed by atoms with Gasteiger partial charge in [0.1, 0.15) is 5.60 Å². The Hall–Kier alpha value is -3.63. The number of hydrogen-bond acceptors (Lipinski definition) is 7. The largest absolute Gasteiger partial charge is 0.444 e. The lowest BCUT2D eigenvalue weighted by molar-refractivity contribution is 0.0206. The van der Waals surface area contributed by atoms with Crippen molar-refractivity contribution in [2.24, 2.45) is 0 Å². The SMILES string of the molecule is CC(C)(C)OC(=O)N1CCC[C@H](Nc2ncc(Cl)c(-c3cn(S(=O)(=O)c4ccccc4)c4ccccc34)n2)C1. The predicted molar refractivity (Wildman–Crippen MR) is 151 cm³/mol. The first-order chi connectivity index (χ1) is 18.5. The topological polar surface area (TPSA) is 106 Å². The van der Waals surface area contributed by atoms with Crippen molar-refractivity contribution < 1.29 is 17.9 Å². The molecule has 3 heterocycles. The van der Waals surface area contributed by atoms with Crippen LogP contribution in [-0.2, 0) is 14.8 Å². The fourth-order valence-electron chi connectivity index (χ4n) is 4.64. The highest BCUT2D eigenvalue weighted by Gasteiger charge is 2.28. The molecule has 1 N–H and O–H groups in total. The van der Waals surface area contributed by atoms with Crippen LogP contribution in [0.25, 0.3) is 22.2 Å². The average molecular weight is 568 g/mol. The van der Waals surface area contributed by atoms with Gasteiger partial charge in [-0.1, -0.05) is 48.0 Å². The number of halogens is 1. The molecule has 0 spiro atoms. The number of rotatable bonds is 5. The van der Waals surface area contributed by atoms with E-state index in [4.69, 9.17) is 16.3 Å². The van der Waals surface area contributed by atoms with Crippen molar-refractivity contribution in [3.05, 3.63) is 72.0 Å². The van der Waals surface area contributed by atoms with Crippen molar-refractivity contribution in [3.8, 4) is 11.3 Å². The van der Waals surface area contributed by atoms with E-state index in [0.717, 1.165) is 12.8 Å². The highest BCUT2D eigenvalue weighted by Crippen LogP contribution is 2.36. The minimum absolute atomic E-state index is 0.0832. The standard InChI is InChI=1S/C28H30ClN5O4S/c1-28(2,3)38-27(35)33-15-9-10-19(17-33)31-26-30-16-23(29)25(32-26)22-18-34(24-14-8-7-13-21(22)24)39(36,37)20-11-5-4-6-12-20/h4-8,11-14,16,18-19H,9-10,15,17H2,1-3H3,(H,30,31,32)/t19-/m0/s1. The average Bonchev–Trinajstić information content (AvgIpc) is 3.30. The summed E-state index contributed by atoms with van der Waals surface area (Å²) in [6.45, 7) is 6.60. The second-order valence-corrected chi connectivity index (χ2v) is 12.7. The van der Waals surface area contributed by atoms with Crippen LogP contribution >= 0.6 is 11.6 Å². The van der Waals surface area contributed by atoms with Gasteiger partial charge in [-0.2, -0.15) is 0 Å². The Morgan fingerprint density at radius 2 is 1.82 bits per heavy atom. The molecular weight excluding hydrogens is 538 g/mol. The molecule has 1 aliphatic heterocycles. The molecule has 4 aromatic rings. The summed E-state index contributed by atoms with van der Waals surface area (Å²) in [5, 5.41) is 4.30. The van der Waals surface area contributed by atoms with Crippen molar-refractivity contribution in [3.63, 3.8) is 0 Å². The third kappa shape index (κ3) is 5.72. The first-order valence-electron chi connectivity index (χ1n) is 12.7. The van der Waals surface area contributed by atoms with Crippen LogP contribution in [0.15, 0.2) is 71.9 Å². The smallest absolute Gasteiger partial charge is 0.410 e. The molecule has 0 unspecified atom stereocenters. The predicted octanol–water partition coefficient (Wildman–Crippen LogP) is 5.80. The number of aromatic nitrogens is 3. The van der Waals surface area contributed by atoms with Gasteiger partial charge in [0.25, 0.3) is 10.0 Å². The van der Waals surface area contributed by atoms with Crippen LogP contribution in [0.4, 0.5) is 10.7 Å². The van der Waals surface area contributed by atoms with Crippen LogP contribution in [0.1, 0.15) is 33.6 Å². The molecular formula is C28H30ClN5O4S. The van der Waals surface area contributed by atoms with E-state index in [-0.39, 0.29) is 17.0 Å². The molecule has 2 aromatic heterocycles. The zero-order valence-electron chi connectivity index (χ0n) is 22.0. The van der Waals surface area contributed by atoms with Gasteiger partial charge in [-0.25, -0.2) is 27.2 Å². The number of piperidine rings is 1. The Kier molecular flexibility index (Phi) is 7.26. The fraction of sp³-hybridized carbons (Fsp3) is 0.321. The van der Waals surface area contributed by atoms with Gasteiger partial charge in [0, 0.05) is 36.3 Å². The monoisotopic (exact) mass is 567 g/mol. The normalized spacial score (nSPS) is 16.3. The van der Waals surface area contributed by atoms with Crippen molar-refractivity contribution in [1.29, 1.82) is 0 Å². The van der Waals surface area contributed by atoms with Gasteiger partial charge in [0.15, 0.2) is 0 Å².